The summed E-state index contributed by atoms with van der Waals surface area (Å²) in [6.45, 7) is 5.97. The molecule has 0 aromatic carbocycles. The summed E-state index contributed by atoms with van der Waals surface area (Å²) in [6.07, 6.45) is 3.69. The van der Waals surface area contributed by atoms with Gasteiger partial charge in [-0.2, -0.15) is 0 Å². The van der Waals surface area contributed by atoms with Crippen LogP contribution in [0.15, 0.2) is 24.3 Å². The Morgan fingerprint density at radius 2 is 1.79 bits per heavy atom. The van der Waals surface area contributed by atoms with Crippen LogP contribution in [0.5, 0.6) is 0 Å². The Morgan fingerprint density at radius 3 is 2.26 bits per heavy atom. The average molecular weight is 258 g/mol. The maximum atomic E-state index is 12.2. The first-order valence-electron chi connectivity index (χ1n) is 7.04. The van der Waals surface area contributed by atoms with Gasteiger partial charge in [0, 0.05) is 17.9 Å². The van der Waals surface area contributed by atoms with E-state index in [0.717, 1.165) is 5.57 Å². The smallest absolute Gasteiger partial charge is 0.330 e. The average Bonchev–Trinajstić information content (AvgIpc) is 3.27. The van der Waals surface area contributed by atoms with Crippen LogP contribution in [0, 0.1) is 47.3 Å². The maximum absolute atomic E-state index is 12.2. The maximum Gasteiger partial charge on any atom is 0.330 e. The van der Waals surface area contributed by atoms with Gasteiger partial charge in [0.25, 0.3) is 0 Å². The van der Waals surface area contributed by atoms with Gasteiger partial charge in [0.2, 0.25) is 0 Å². The number of allylic oxidation sites excluding steroid dienone is 2. The lowest BCUT2D eigenvalue weighted by molar-refractivity contribution is -0.134. The van der Waals surface area contributed by atoms with Crippen molar-refractivity contribution in [3.8, 4) is 0 Å². The summed E-state index contributed by atoms with van der Waals surface area (Å²) in [7, 11) is 1.40. The van der Waals surface area contributed by atoms with Gasteiger partial charge < -0.3 is 4.74 Å². The molecule has 0 saturated heterocycles. The molecule has 5 aliphatic rings. The van der Waals surface area contributed by atoms with E-state index in [1.165, 1.54) is 7.11 Å². The lowest BCUT2D eigenvalue weighted by Crippen LogP contribution is -2.22. The van der Waals surface area contributed by atoms with Gasteiger partial charge in [-0.3, -0.25) is 4.79 Å². The SMILES string of the molecule is C=CC1C2C3C(=O)C4C1C4C(/C(C)=C\C(=O)OC)C32. The Bertz CT molecular complexity index is 506. The third-order valence-corrected chi connectivity index (χ3v) is 5.99. The van der Waals surface area contributed by atoms with E-state index < -0.39 is 0 Å². The lowest BCUT2D eigenvalue weighted by Gasteiger charge is -2.25. The van der Waals surface area contributed by atoms with Crippen LogP contribution in [-0.2, 0) is 14.3 Å². The zero-order valence-corrected chi connectivity index (χ0v) is 11.2. The predicted molar refractivity (Wildman–Crippen MR) is 68.9 cm³/mol. The number of methoxy groups -OCH3 is 1. The van der Waals surface area contributed by atoms with Crippen molar-refractivity contribution in [3.63, 3.8) is 0 Å². The standard InChI is InChI=1S/C16H18O3/c1-4-7-10-12-9(6(2)5-8(17)19-3)13-11(7)15(13)16(18)14(10)12/h4-5,7,9-15H,1H2,2-3H3/b6-5-. The summed E-state index contributed by atoms with van der Waals surface area (Å²) in [5.74, 6) is 3.67. The molecule has 6 atom stereocenters. The van der Waals surface area contributed by atoms with Crippen molar-refractivity contribution < 1.29 is 14.3 Å². The topological polar surface area (TPSA) is 43.4 Å². The number of Topliss-reactive ketones (excluding diaryl/α,β-unsaturated/α-hetero) is 1. The summed E-state index contributed by atoms with van der Waals surface area (Å²) in [6, 6.07) is 0. The molecule has 0 aliphatic heterocycles. The Hall–Kier alpha value is -1.38. The summed E-state index contributed by atoms with van der Waals surface area (Å²) in [5.41, 5.74) is 1.11. The number of carbonyl (C=O) groups excluding carboxylic acids is 2. The lowest BCUT2D eigenvalue weighted by atomic mass is 9.78. The number of hydrogen-bond acceptors (Lipinski definition) is 3. The minimum absolute atomic E-state index is 0.258. The highest BCUT2D eigenvalue weighted by Gasteiger charge is 2.82. The molecule has 0 aromatic rings. The third-order valence-electron chi connectivity index (χ3n) is 5.99. The number of esters is 1. The van der Waals surface area contributed by atoms with Crippen LogP contribution in [0.4, 0.5) is 0 Å². The fourth-order valence-corrected chi connectivity index (χ4v) is 5.39. The highest BCUT2D eigenvalue weighted by atomic mass is 16.5. The first-order chi connectivity index (χ1) is 9.11. The van der Waals surface area contributed by atoms with Crippen molar-refractivity contribution in [1.82, 2.24) is 0 Å². The molecule has 5 fully saturated rings. The normalized spacial score (nSPS) is 52.5. The zero-order chi connectivity index (χ0) is 13.5. The molecular formula is C16H18O3. The molecule has 0 aromatic heterocycles. The van der Waals surface area contributed by atoms with Crippen LogP contribution in [0.25, 0.3) is 0 Å². The number of ketones is 1. The van der Waals surface area contributed by atoms with Gasteiger partial charge >= 0.3 is 5.97 Å². The molecular weight excluding hydrogens is 240 g/mol. The zero-order valence-electron chi connectivity index (χ0n) is 11.2. The summed E-state index contributed by atoms with van der Waals surface area (Å²) in [4.78, 5) is 23.6. The van der Waals surface area contributed by atoms with Gasteiger partial charge in [-0.05, 0) is 42.4 Å². The van der Waals surface area contributed by atoms with Crippen molar-refractivity contribution in [3.05, 3.63) is 24.3 Å². The fourth-order valence-electron chi connectivity index (χ4n) is 5.39. The van der Waals surface area contributed by atoms with E-state index in [2.05, 4.69) is 12.7 Å². The second-order valence-corrected chi connectivity index (χ2v) is 6.51. The van der Waals surface area contributed by atoms with Crippen molar-refractivity contribution in [2.75, 3.05) is 7.11 Å². The highest BCUT2D eigenvalue weighted by Crippen LogP contribution is 2.81. The molecule has 0 heterocycles. The molecule has 3 nitrogen and oxygen atoms in total. The van der Waals surface area contributed by atoms with E-state index in [4.69, 9.17) is 4.74 Å². The molecule has 6 unspecified atom stereocenters. The monoisotopic (exact) mass is 258 g/mol. The Balaban J connectivity index is 1.67. The molecule has 5 rings (SSSR count). The molecule has 19 heavy (non-hydrogen) atoms. The minimum Gasteiger partial charge on any atom is -0.466 e. The van der Waals surface area contributed by atoms with E-state index >= 15 is 0 Å². The number of ether oxygens (including phenoxy) is 1. The molecule has 0 amide bonds. The largest absolute Gasteiger partial charge is 0.466 e. The van der Waals surface area contributed by atoms with E-state index in [1.54, 1.807) is 6.08 Å². The summed E-state index contributed by atoms with van der Waals surface area (Å²) >= 11 is 0. The van der Waals surface area contributed by atoms with Crippen molar-refractivity contribution in [1.29, 1.82) is 0 Å². The van der Waals surface area contributed by atoms with Crippen LogP contribution < -0.4 is 0 Å². The van der Waals surface area contributed by atoms with Gasteiger partial charge in [0.15, 0.2) is 0 Å². The third kappa shape index (κ3) is 1.19. The number of carbonyl (C=O) groups is 2. The quantitative estimate of drug-likeness (QED) is 0.441. The van der Waals surface area contributed by atoms with Gasteiger partial charge in [0.05, 0.1) is 7.11 Å². The first-order valence-corrected chi connectivity index (χ1v) is 7.04. The van der Waals surface area contributed by atoms with Crippen molar-refractivity contribution >= 4 is 11.8 Å². The van der Waals surface area contributed by atoms with Crippen molar-refractivity contribution in [2.24, 2.45) is 47.3 Å². The van der Waals surface area contributed by atoms with Crippen molar-refractivity contribution in [2.45, 2.75) is 6.92 Å². The minimum atomic E-state index is -0.280. The molecule has 0 radical (unpaired) electrons. The van der Waals surface area contributed by atoms with E-state index in [-0.39, 0.29) is 17.8 Å². The Labute approximate surface area is 112 Å². The van der Waals surface area contributed by atoms with Crippen LogP contribution in [0.1, 0.15) is 6.92 Å². The Morgan fingerprint density at radius 1 is 1.21 bits per heavy atom. The van der Waals surface area contributed by atoms with Gasteiger partial charge in [0.1, 0.15) is 5.78 Å². The molecule has 0 N–H and O–H groups in total. The fraction of sp³-hybridized carbons (Fsp3) is 0.625. The van der Waals surface area contributed by atoms with Crippen LogP contribution in [0.2, 0.25) is 0 Å². The van der Waals surface area contributed by atoms with E-state index in [0.29, 0.717) is 41.3 Å². The first kappa shape index (κ1) is 11.4. The summed E-state index contributed by atoms with van der Waals surface area (Å²) < 4.78 is 4.71. The Kier molecular flexibility index (Phi) is 2.04. The molecule has 6 bridgehead atoms. The molecule has 5 saturated carbocycles. The highest BCUT2D eigenvalue weighted by molar-refractivity contribution is 5.93. The molecule has 0 spiro atoms. The molecule has 5 aliphatic carbocycles. The number of rotatable bonds is 3. The second-order valence-electron chi connectivity index (χ2n) is 6.51. The van der Waals surface area contributed by atoms with Gasteiger partial charge in [-0.1, -0.05) is 11.6 Å². The number of hydrogen-bond donors (Lipinski definition) is 0. The van der Waals surface area contributed by atoms with E-state index in [9.17, 15) is 9.59 Å². The second kappa shape index (κ2) is 3.38. The van der Waals surface area contributed by atoms with Crippen LogP contribution in [0.3, 0.4) is 0 Å². The van der Waals surface area contributed by atoms with Crippen LogP contribution >= 0.6 is 0 Å². The predicted octanol–water partition coefficient (Wildman–Crippen LogP) is 1.84. The van der Waals surface area contributed by atoms with Gasteiger partial charge in [-0.25, -0.2) is 4.79 Å². The van der Waals surface area contributed by atoms with E-state index in [1.807, 2.05) is 6.92 Å². The van der Waals surface area contributed by atoms with Gasteiger partial charge in [-0.15, -0.1) is 6.58 Å². The molecule has 3 heteroatoms. The van der Waals surface area contributed by atoms with Crippen LogP contribution in [-0.4, -0.2) is 18.9 Å². The summed E-state index contributed by atoms with van der Waals surface area (Å²) in [5, 5.41) is 0. The molecule has 100 valence electrons.